The summed E-state index contributed by atoms with van der Waals surface area (Å²) < 4.78 is 38.3. The van der Waals surface area contributed by atoms with Crippen molar-refractivity contribution in [1.82, 2.24) is 24.3 Å². The predicted molar refractivity (Wildman–Crippen MR) is 141 cm³/mol. The monoisotopic (exact) mass is 521 g/mol. The van der Waals surface area contributed by atoms with E-state index in [1.807, 2.05) is 40.9 Å². The minimum atomic E-state index is -1.99. The number of nitrogens with one attached hydrogen (secondary N) is 1. The lowest BCUT2D eigenvalue weighted by molar-refractivity contribution is 0.521. The fourth-order valence-corrected chi connectivity index (χ4v) is 5.81. The van der Waals surface area contributed by atoms with E-state index in [9.17, 15) is 8.60 Å². The van der Waals surface area contributed by atoms with Crippen LogP contribution in [-0.4, -0.2) is 54.5 Å². The Balaban J connectivity index is 1.27. The van der Waals surface area contributed by atoms with Gasteiger partial charge >= 0.3 is 0 Å². The number of fused-ring (bicyclic) bond motifs is 1. The highest BCUT2D eigenvalue weighted by molar-refractivity contribution is 7.77. The molecule has 2 unspecified atom stereocenters. The van der Waals surface area contributed by atoms with Crippen LogP contribution in [0, 0.1) is 11.7 Å². The Bertz CT molecular complexity index is 1450. The van der Waals surface area contributed by atoms with Gasteiger partial charge in [0.05, 0.1) is 17.9 Å². The molecule has 2 aliphatic rings. The molecular weight excluding hydrogens is 493 g/mol. The van der Waals surface area contributed by atoms with Gasteiger partial charge in [-0.15, -0.1) is 5.10 Å². The lowest BCUT2D eigenvalue weighted by Gasteiger charge is -2.26. The van der Waals surface area contributed by atoms with Crippen LogP contribution in [0.4, 0.5) is 16.0 Å². The van der Waals surface area contributed by atoms with Crippen LogP contribution in [0.5, 0.6) is 0 Å². The molecule has 3 atom stereocenters. The summed E-state index contributed by atoms with van der Waals surface area (Å²) in [6.07, 6.45) is 4.68. The summed E-state index contributed by atoms with van der Waals surface area (Å²) in [6, 6.07) is 16.8. The zero-order valence-corrected chi connectivity index (χ0v) is 21.0. The van der Waals surface area contributed by atoms with E-state index in [0.29, 0.717) is 6.54 Å². The van der Waals surface area contributed by atoms with Gasteiger partial charge in [-0.25, -0.2) is 27.8 Å². The minimum Gasteiger partial charge on any atom is -0.356 e. The summed E-state index contributed by atoms with van der Waals surface area (Å²) in [6.45, 7) is 2.96. The molecule has 6 rings (SSSR count). The van der Waals surface area contributed by atoms with Crippen LogP contribution in [-0.2, 0) is 11.3 Å². The van der Waals surface area contributed by atoms with Gasteiger partial charge in [0.2, 0.25) is 11.3 Å². The fraction of sp³-hybridized carbons (Fsp3) is 0.346. The van der Waals surface area contributed by atoms with Gasteiger partial charge in [0.15, 0.2) is 5.65 Å². The van der Waals surface area contributed by atoms with Crippen LogP contribution >= 0.6 is 0 Å². The SMILES string of the molecule is O=S(O)NC[C@@H]1CCN(c2cccc(-c3cnc4ccc(N5CCCC5c5cccc(F)c5)nn34)n2)C1. The molecule has 9 nitrogen and oxygen atoms in total. The molecule has 1 aromatic carbocycles. The Morgan fingerprint density at radius 3 is 2.84 bits per heavy atom. The van der Waals surface area contributed by atoms with Crippen molar-refractivity contribution in [3.63, 3.8) is 0 Å². The van der Waals surface area contributed by atoms with Crippen molar-refractivity contribution in [1.29, 1.82) is 0 Å². The van der Waals surface area contributed by atoms with Crippen molar-refractivity contribution >= 4 is 28.5 Å². The maximum atomic E-state index is 13.9. The first-order chi connectivity index (χ1) is 18.0. The highest BCUT2D eigenvalue weighted by Crippen LogP contribution is 2.36. The molecule has 11 heteroatoms. The third-order valence-electron chi connectivity index (χ3n) is 7.23. The molecule has 2 saturated heterocycles. The largest absolute Gasteiger partial charge is 0.356 e. The van der Waals surface area contributed by atoms with Gasteiger partial charge in [0.1, 0.15) is 23.1 Å². The molecule has 0 amide bonds. The lowest BCUT2D eigenvalue weighted by atomic mass is 10.0. The number of imidazole rings is 1. The molecule has 0 spiro atoms. The van der Waals surface area contributed by atoms with Crippen LogP contribution < -0.4 is 14.5 Å². The Morgan fingerprint density at radius 1 is 1.08 bits per heavy atom. The average Bonchev–Trinajstić information content (AvgIpc) is 3.67. The first-order valence-electron chi connectivity index (χ1n) is 12.5. The second-order valence-corrected chi connectivity index (χ2v) is 10.4. The number of anilines is 2. The van der Waals surface area contributed by atoms with Gasteiger partial charge in [-0.3, -0.25) is 4.55 Å². The van der Waals surface area contributed by atoms with Crippen molar-refractivity contribution in [3.05, 3.63) is 72.2 Å². The van der Waals surface area contributed by atoms with Crippen LogP contribution in [0.2, 0.25) is 0 Å². The molecule has 2 fully saturated rings. The van der Waals surface area contributed by atoms with E-state index in [2.05, 4.69) is 19.5 Å². The van der Waals surface area contributed by atoms with Crippen LogP contribution in [0.25, 0.3) is 17.0 Å². The summed E-state index contributed by atoms with van der Waals surface area (Å²) in [5.74, 6) is 1.75. The zero-order valence-electron chi connectivity index (χ0n) is 20.2. The molecule has 192 valence electrons. The summed E-state index contributed by atoms with van der Waals surface area (Å²) in [5.41, 5.74) is 3.27. The van der Waals surface area contributed by atoms with E-state index in [1.54, 1.807) is 18.3 Å². The molecule has 2 N–H and O–H groups in total. The van der Waals surface area contributed by atoms with E-state index in [1.165, 1.54) is 6.07 Å². The maximum Gasteiger partial charge on any atom is 0.231 e. The number of halogens is 1. The Morgan fingerprint density at radius 2 is 1.97 bits per heavy atom. The minimum absolute atomic E-state index is 0.0786. The number of benzene rings is 1. The highest BCUT2D eigenvalue weighted by atomic mass is 32.2. The van der Waals surface area contributed by atoms with Crippen molar-refractivity contribution < 1.29 is 13.2 Å². The summed E-state index contributed by atoms with van der Waals surface area (Å²) in [7, 11) is 0. The molecule has 4 aromatic rings. The quantitative estimate of drug-likeness (QED) is 0.357. The van der Waals surface area contributed by atoms with Crippen molar-refractivity contribution in [3.8, 4) is 11.4 Å². The highest BCUT2D eigenvalue weighted by Gasteiger charge is 2.28. The molecule has 2 aliphatic heterocycles. The van der Waals surface area contributed by atoms with Crippen LogP contribution in [0.15, 0.2) is 60.8 Å². The second kappa shape index (κ2) is 10.2. The van der Waals surface area contributed by atoms with Crippen LogP contribution in [0.3, 0.4) is 0 Å². The lowest BCUT2D eigenvalue weighted by Crippen LogP contribution is -2.27. The van der Waals surface area contributed by atoms with Gasteiger partial charge in [-0.2, -0.15) is 0 Å². The molecule has 0 saturated carbocycles. The number of hydrogen-bond acceptors (Lipinski definition) is 6. The van der Waals surface area contributed by atoms with Gasteiger partial charge in [0, 0.05) is 26.2 Å². The van der Waals surface area contributed by atoms with E-state index in [-0.39, 0.29) is 17.8 Å². The predicted octanol–water partition coefficient (Wildman–Crippen LogP) is 3.82. The van der Waals surface area contributed by atoms with E-state index < -0.39 is 11.3 Å². The molecule has 5 heterocycles. The number of nitrogens with zero attached hydrogens (tertiary/aromatic N) is 6. The summed E-state index contributed by atoms with van der Waals surface area (Å²) in [5, 5.41) is 4.94. The van der Waals surface area contributed by atoms with E-state index in [0.717, 1.165) is 73.1 Å². The third-order valence-corrected chi connectivity index (χ3v) is 7.64. The normalized spacial score (nSPS) is 20.7. The summed E-state index contributed by atoms with van der Waals surface area (Å²) >= 11 is -1.99. The second-order valence-electron chi connectivity index (χ2n) is 9.59. The van der Waals surface area contributed by atoms with E-state index in [4.69, 9.17) is 14.6 Å². The molecule has 0 radical (unpaired) electrons. The van der Waals surface area contributed by atoms with Gasteiger partial charge < -0.3 is 9.80 Å². The Kier molecular flexibility index (Phi) is 6.58. The first-order valence-corrected chi connectivity index (χ1v) is 13.6. The van der Waals surface area contributed by atoms with Crippen molar-refractivity contribution in [2.45, 2.75) is 25.3 Å². The molecule has 37 heavy (non-hydrogen) atoms. The number of aromatic nitrogens is 4. The zero-order chi connectivity index (χ0) is 25.4. The topological polar surface area (TPSA) is 98.9 Å². The number of pyridine rings is 1. The maximum absolute atomic E-state index is 13.9. The average molecular weight is 522 g/mol. The smallest absolute Gasteiger partial charge is 0.231 e. The number of hydrogen-bond donors (Lipinski definition) is 2. The summed E-state index contributed by atoms with van der Waals surface area (Å²) in [4.78, 5) is 13.9. The third kappa shape index (κ3) is 4.94. The molecule has 0 bridgehead atoms. The fourth-order valence-electron chi connectivity index (χ4n) is 5.43. The Hall–Kier alpha value is -3.41. The van der Waals surface area contributed by atoms with Gasteiger partial charge in [-0.05, 0) is 67.1 Å². The Labute approximate surface area is 216 Å². The molecular formula is C26H28FN7O2S. The van der Waals surface area contributed by atoms with Crippen molar-refractivity contribution in [2.75, 3.05) is 36.0 Å². The molecule has 3 aromatic heterocycles. The van der Waals surface area contributed by atoms with E-state index >= 15 is 0 Å². The van der Waals surface area contributed by atoms with Gasteiger partial charge in [-0.1, -0.05) is 18.2 Å². The standard InChI is InChI=1S/C26H28FN7O2S/c27-20-5-1-4-19(14-20)22-7-3-12-33(22)26-10-9-24-28-16-23(34(24)31-26)21-6-2-8-25(30-21)32-13-11-18(17-32)15-29-37(35)36/h1-2,4-6,8-10,14,16,18,22,29H,3,7,11-13,15,17H2,(H,35,36)/t18-,22?/m0/s1. The van der Waals surface area contributed by atoms with Crippen LogP contribution in [0.1, 0.15) is 30.9 Å². The van der Waals surface area contributed by atoms with Crippen molar-refractivity contribution in [2.24, 2.45) is 5.92 Å². The first kappa shape index (κ1) is 24.0. The van der Waals surface area contributed by atoms with Gasteiger partial charge in [0.25, 0.3) is 0 Å². The molecule has 0 aliphatic carbocycles. The number of rotatable bonds is 7.